The molecule has 2 aromatic carbocycles. The third kappa shape index (κ3) is 3.06. The van der Waals surface area contributed by atoms with Gasteiger partial charge in [-0.1, -0.05) is 36.4 Å². The fraction of sp³-hybridized carbons (Fsp3) is 0.269. The van der Waals surface area contributed by atoms with Gasteiger partial charge < -0.3 is 14.5 Å². The van der Waals surface area contributed by atoms with Crippen molar-refractivity contribution in [3.8, 4) is 11.8 Å². The van der Waals surface area contributed by atoms with Crippen LogP contribution in [0.5, 0.6) is 5.75 Å². The molecule has 3 aliphatic heterocycles. The topological polar surface area (TPSA) is 107 Å². The highest BCUT2D eigenvalue weighted by molar-refractivity contribution is 6.25. The van der Waals surface area contributed by atoms with Gasteiger partial charge in [0.15, 0.2) is 0 Å². The van der Waals surface area contributed by atoms with Gasteiger partial charge in [0.05, 0.1) is 37.5 Å². The highest BCUT2D eigenvalue weighted by Crippen LogP contribution is 2.43. The average molecular weight is 467 g/mol. The number of nitriles is 1. The van der Waals surface area contributed by atoms with Crippen LogP contribution in [0.3, 0.4) is 0 Å². The summed E-state index contributed by atoms with van der Waals surface area (Å²) < 4.78 is 5.25. The van der Waals surface area contributed by atoms with Crippen molar-refractivity contribution in [2.45, 2.75) is 31.0 Å². The molecule has 9 nitrogen and oxygen atoms in total. The fourth-order valence-corrected chi connectivity index (χ4v) is 5.67. The number of rotatable bonds is 4. The first-order chi connectivity index (χ1) is 17.0. The molecule has 3 aromatic rings. The molecule has 1 aromatic heterocycles. The first-order valence-corrected chi connectivity index (χ1v) is 11.4. The van der Waals surface area contributed by atoms with E-state index < -0.39 is 12.1 Å². The monoisotopic (exact) mass is 467 g/mol. The van der Waals surface area contributed by atoms with Gasteiger partial charge in [-0.25, -0.2) is 14.7 Å². The second-order valence-electron chi connectivity index (χ2n) is 8.99. The molecule has 2 bridgehead atoms. The Balaban J connectivity index is 1.30. The van der Waals surface area contributed by atoms with Crippen molar-refractivity contribution in [2.75, 3.05) is 18.6 Å². The van der Waals surface area contributed by atoms with Crippen molar-refractivity contribution >= 4 is 34.3 Å². The number of hydrogen-bond donors (Lipinski definition) is 0. The number of likely N-dealkylation sites (tertiary alicyclic amines) is 1. The second kappa shape index (κ2) is 7.81. The maximum atomic E-state index is 13.6. The van der Waals surface area contributed by atoms with Crippen LogP contribution < -0.4 is 9.64 Å². The van der Waals surface area contributed by atoms with Gasteiger partial charge in [0, 0.05) is 17.3 Å². The van der Waals surface area contributed by atoms with Crippen LogP contribution in [-0.4, -0.2) is 64.4 Å². The lowest BCUT2D eigenvalue weighted by Crippen LogP contribution is -2.55. The maximum absolute atomic E-state index is 13.6. The van der Waals surface area contributed by atoms with Gasteiger partial charge >= 0.3 is 6.03 Å². The zero-order chi connectivity index (χ0) is 24.3. The van der Waals surface area contributed by atoms with E-state index in [0.717, 1.165) is 10.5 Å². The number of nitrogens with zero attached hydrogens (tertiary/aromatic N) is 5. The quantitative estimate of drug-likeness (QED) is 0.546. The van der Waals surface area contributed by atoms with E-state index in [1.807, 2.05) is 24.3 Å². The molecule has 3 aliphatic rings. The van der Waals surface area contributed by atoms with Crippen LogP contribution in [0.1, 0.15) is 17.7 Å². The van der Waals surface area contributed by atoms with E-state index in [0.29, 0.717) is 35.2 Å². The molecule has 0 saturated carbocycles. The zero-order valence-corrected chi connectivity index (χ0v) is 18.9. The Morgan fingerprint density at radius 2 is 1.97 bits per heavy atom. The Bertz CT molecular complexity index is 1450. The summed E-state index contributed by atoms with van der Waals surface area (Å²) in [4.78, 5) is 49.0. The first-order valence-electron chi connectivity index (χ1n) is 11.4. The van der Waals surface area contributed by atoms with Gasteiger partial charge in [-0.3, -0.25) is 9.59 Å². The molecule has 4 amide bonds. The second-order valence-corrected chi connectivity index (χ2v) is 8.99. The number of pyridine rings is 1. The molecule has 3 atom stereocenters. The van der Waals surface area contributed by atoms with E-state index in [1.54, 1.807) is 41.2 Å². The minimum absolute atomic E-state index is 0.0745. The molecule has 3 fully saturated rings. The highest BCUT2D eigenvalue weighted by Gasteiger charge is 2.63. The summed E-state index contributed by atoms with van der Waals surface area (Å²) in [6, 6.07) is 14.8. The molecule has 1 unspecified atom stereocenters. The number of aromatic nitrogens is 1. The minimum Gasteiger partial charge on any atom is -0.497 e. The number of amides is 4. The van der Waals surface area contributed by atoms with E-state index in [2.05, 4.69) is 11.1 Å². The first kappa shape index (κ1) is 21.1. The number of fused-ring (bicyclic) bond motifs is 6. The van der Waals surface area contributed by atoms with Crippen LogP contribution in [0.15, 0.2) is 54.7 Å². The van der Waals surface area contributed by atoms with Crippen molar-refractivity contribution < 1.29 is 19.1 Å². The number of ether oxygens (including phenoxy) is 1. The molecule has 0 aliphatic carbocycles. The zero-order valence-electron chi connectivity index (χ0n) is 18.9. The molecular weight excluding hydrogens is 446 g/mol. The summed E-state index contributed by atoms with van der Waals surface area (Å²) in [5.74, 6) is 0.243. The lowest BCUT2D eigenvalue weighted by atomic mass is 10.1. The number of hydrogen-bond acceptors (Lipinski definition) is 6. The van der Waals surface area contributed by atoms with Crippen LogP contribution in [0.4, 0.5) is 10.5 Å². The lowest BCUT2D eigenvalue weighted by molar-refractivity contribution is -0.135. The Labute approximate surface area is 201 Å². The average Bonchev–Trinajstić information content (AvgIpc) is 3.55. The molecule has 174 valence electrons. The third-order valence-corrected chi connectivity index (χ3v) is 7.20. The normalized spacial score (nSPS) is 22.6. The molecule has 0 spiro atoms. The summed E-state index contributed by atoms with van der Waals surface area (Å²) in [7, 11) is 1.58. The number of benzene rings is 2. The fourth-order valence-electron chi connectivity index (χ4n) is 5.67. The molecule has 3 saturated heterocycles. The molecule has 0 N–H and O–H groups in total. The molecule has 9 heteroatoms. The predicted molar refractivity (Wildman–Crippen MR) is 126 cm³/mol. The highest BCUT2D eigenvalue weighted by atomic mass is 16.5. The van der Waals surface area contributed by atoms with Gasteiger partial charge in [-0.05, 0) is 24.1 Å². The number of carbonyl (C=O) groups is 3. The molecule has 6 rings (SSSR count). The van der Waals surface area contributed by atoms with Crippen LogP contribution in [0, 0.1) is 11.3 Å². The van der Waals surface area contributed by atoms with Crippen molar-refractivity contribution in [1.82, 2.24) is 14.8 Å². The van der Waals surface area contributed by atoms with Gasteiger partial charge in [-0.2, -0.15) is 5.26 Å². The van der Waals surface area contributed by atoms with Crippen LogP contribution in [0.25, 0.3) is 10.8 Å². The van der Waals surface area contributed by atoms with Crippen molar-refractivity contribution in [3.05, 3.63) is 66.0 Å². The van der Waals surface area contributed by atoms with Gasteiger partial charge in [0.1, 0.15) is 23.6 Å². The number of anilines is 1. The number of urea groups is 1. The standard InChI is InChI=1S/C26H21N5O4/c1-35-17-6-4-5-15(9-17)10-23(32)29-14-16-11-21(29)24-25(33)31(26(34)30(16)24)22-13-28-20(12-27)18-7-2-3-8-19(18)22/h2-9,13,16,21,24H,10-11,14H2,1H3/t16-,21?,24-/m1/s1. The maximum Gasteiger partial charge on any atom is 0.332 e. The summed E-state index contributed by atoms with van der Waals surface area (Å²) in [6.07, 6.45) is 2.20. The van der Waals surface area contributed by atoms with E-state index in [-0.39, 0.29) is 36.0 Å². The summed E-state index contributed by atoms with van der Waals surface area (Å²) in [5, 5.41) is 10.6. The molecule has 4 heterocycles. The van der Waals surface area contributed by atoms with Crippen molar-refractivity contribution in [3.63, 3.8) is 0 Å². The third-order valence-electron chi connectivity index (χ3n) is 7.20. The smallest absolute Gasteiger partial charge is 0.332 e. The van der Waals surface area contributed by atoms with E-state index in [9.17, 15) is 19.6 Å². The van der Waals surface area contributed by atoms with Crippen molar-refractivity contribution in [1.29, 1.82) is 5.26 Å². The SMILES string of the molecule is COc1cccc(CC(=O)N2C[C@H]3CC2[C@@H]2C(=O)N(c4cnc(C#N)c5ccccc45)C(=O)N32)c1. The van der Waals surface area contributed by atoms with Crippen LogP contribution in [-0.2, 0) is 16.0 Å². The Morgan fingerprint density at radius 1 is 1.17 bits per heavy atom. The number of carbonyl (C=O) groups excluding carboxylic acids is 3. The summed E-state index contributed by atoms with van der Waals surface area (Å²) >= 11 is 0. The Morgan fingerprint density at radius 3 is 2.74 bits per heavy atom. The lowest BCUT2D eigenvalue weighted by Gasteiger charge is -2.35. The van der Waals surface area contributed by atoms with Gasteiger partial charge in [0.2, 0.25) is 5.91 Å². The van der Waals surface area contributed by atoms with E-state index >= 15 is 0 Å². The molecule has 0 radical (unpaired) electrons. The van der Waals surface area contributed by atoms with Crippen LogP contribution >= 0.6 is 0 Å². The number of piperazine rings is 1. The Kier molecular flexibility index (Phi) is 4.71. The Hall–Kier alpha value is -4.45. The number of methoxy groups -OCH3 is 1. The summed E-state index contributed by atoms with van der Waals surface area (Å²) in [5.41, 5.74) is 1.43. The largest absolute Gasteiger partial charge is 0.497 e. The van der Waals surface area contributed by atoms with Crippen LogP contribution in [0.2, 0.25) is 0 Å². The van der Waals surface area contributed by atoms with Gasteiger partial charge in [0.25, 0.3) is 5.91 Å². The summed E-state index contributed by atoms with van der Waals surface area (Å²) in [6.45, 7) is 0.406. The minimum atomic E-state index is -0.718. The molecular formula is C26H21N5O4. The van der Waals surface area contributed by atoms with Crippen molar-refractivity contribution in [2.24, 2.45) is 0 Å². The number of imide groups is 1. The predicted octanol–water partition coefficient (Wildman–Crippen LogP) is 2.48. The molecule has 35 heavy (non-hydrogen) atoms. The van der Waals surface area contributed by atoms with E-state index in [1.165, 1.54) is 6.20 Å². The van der Waals surface area contributed by atoms with Gasteiger partial charge in [-0.15, -0.1) is 0 Å². The van der Waals surface area contributed by atoms with E-state index in [4.69, 9.17) is 4.74 Å².